The van der Waals surface area contributed by atoms with Crippen LogP contribution in [-0.2, 0) is 0 Å². The second kappa shape index (κ2) is 4.94. The van der Waals surface area contributed by atoms with Crippen LogP contribution in [0, 0.1) is 34.5 Å². The molecule has 0 saturated heterocycles. The molecule has 22 heavy (non-hydrogen) atoms. The van der Waals surface area contributed by atoms with Crippen LogP contribution in [0.15, 0.2) is 0 Å². The number of aliphatic hydroxyl groups excluding tert-OH is 3. The second-order valence-corrected chi connectivity index (χ2v) is 9.51. The minimum Gasteiger partial charge on any atom is -0.393 e. The third-order valence-electron chi connectivity index (χ3n) is 8.40. The maximum atomic E-state index is 10.8. The fourth-order valence-corrected chi connectivity index (χ4v) is 7.30. The molecule has 4 fully saturated rings. The smallest absolute Gasteiger partial charge is 0.0577 e. The van der Waals surface area contributed by atoms with Crippen LogP contribution in [0.4, 0.5) is 0 Å². The largest absolute Gasteiger partial charge is 0.393 e. The maximum Gasteiger partial charge on any atom is 0.0577 e. The highest BCUT2D eigenvalue weighted by atomic mass is 16.3. The molecule has 0 aromatic rings. The summed E-state index contributed by atoms with van der Waals surface area (Å²) in [7, 11) is 0. The molecule has 0 heterocycles. The van der Waals surface area contributed by atoms with Crippen LogP contribution < -0.4 is 0 Å². The van der Waals surface area contributed by atoms with E-state index in [2.05, 4.69) is 13.8 Å². The van der Waals surface area contributed by atoms with E-state index in [-0.39, 0.29) is 35.1 Å². The van der Waals surface area contributed by atoms with Gasteiger partial charge in [0.15, 0.2) is 0 Å². The van der Waals surface area contributed by atoms with Crippen molar-refractivity contribution in [1.82, 2.24) is 0 Å². The van der Waals surface area contributed by atoms with Crippen molar-refractivity contribution in [3.05, 3.63) is 0 Å². The number of rotatable bonds is 0. The van der Waals surface area contributed by atoms with E-state index in [0.717, 1.165) is 38.5 Å². The Morgan fingerprint density at radius 3 is 2.27 bits per heavy atom. The van der Waals surface area contributed by atoms with Crippen molar-refractivity contribution in [2.75, 3.05) is 0 Å². The summed E-state index contributed by atoms with van der Waals surface area (Å²) in [5, 5.41) is 31.1. The van der Waals surface area contributed by atoms with Gasteiger partial charge in [-0.1, -0.05) is 13.8 Å². The Bertz CT molecular complexity index is 452. The van der Waals surface area contributed by atoms with Crippen molar-refractivity contribution in [1.29, 1.82) is 0 Å². The van der Waals surface area contributed by atoms with Crippen LogP contribution in [0.25, 0.3) is 0 Å². The Kier molecular flexibility index (Phi) is 3.46. The molecule has 4 saturated carbocycles. The molecule has 0 amide bonds. The highest BCUT2D eigenvalue weighted by Crippen LogP contribution is 2.66. The van der Waals surface area contributed by atoms with Crippen molar-refractivity contribution in [3.63, 3.8) is 0 Å². The summed E-state index contributed by atoms with van der Waals surface area (Å²) in [4.78, 5) is 0. The molecule has 4 aliphatic carbocycles. The fraction of sp³-hybridized carbons (Fsp3) is 1.00. The normalized spacial score (nSPS) is 61.2. The SMILES string of the molecule is C[C@]12CC[C@H]3[C@@H](CC(O)C4CC(O)CC[C@@]43C)[C@@H]1CC(O)C2. The van der Waals surface area contributed by atoms with E-state index in [9.17, 15) is 15.3 Å². The Labute approximate surface area is 134 Å². The van der Waals surface area contributed by atoms with Crippen LogP contribution in [0.5, 0.6) is 0 Å². The molecular weight excluding hydrogens is 276 g/mol. The number of aliphatic hydroxyl groups is 3. The van der Waals surface area contributed by atoms with Crippen LogP contribution >= 0.6 is 0 Å². The summed E-state index contributed by atoms with van der Waals surface area (Å²) >= 11 is 0. The average molecular weight is 308 g/mol. The number of hydrogen-bond donors (Lipinski definition) is 3. The fourth-order valence-electron chi connectivity index (χ4n) is 7.30. The summed E-state index contributed by atoms with van der Waals surface area (Å²) in [6.07, 6.45) is 7.39. The number of hydrogen-bond acceptors (Lipinski definition) is 3. The van der Waals surface area contributed by atoms with Crippen LogP contribution in [0.1, 0.15) is 65.2 Å². The monoisotopic (exact) mass is 308 g/mol. The van der Waals surface area contributed by atoms with Crippen LogP contribution in [0.3, 0.4) is 0 Å². The molecule has 0 aromatic heterocycles. The van der Waals surface area contributed by atoms with Gasteiger partial charge in [-0.3, -0.25) is 0 Å². The van der Waals surface area contributed by atoms with Gasteiger partial charge in [0.05, 0.1) is 18.3 Å². The van der Waals surface area contributed by atoms with Crippen molar-refractivity contribution in [2.45, 2.75) is 83.5 Å². The lowest BCUT2D eigenvalue weighted by atomic mass is 9.44. The van der Waals surface area contributed by atoms with Crippen molar-refractivity contribution in [3.8, 4) is 0 Å². The Balaban J connectivity index is 1.66. The van der Waals surface area contributed by atoms with E-state index in [0.29, 0.717) is 17.8 Å². The van der Waals surface area contributed by atoms with Gasteiger partial charge in [0.2, 0.25) is 0 Å². The molecule has 0 aliphatic heterocycles. The van der Waals surface area contributed by atoms with E-state index in [1.54, 1.807) is 0 Å². The van der Waals surface area contributed by atoms with Gasteiger partial charge in [0.1, 0.15) is 0 Å². The average Bonchev–Trinajstić information content (AvgIpc) is 2.76. The molecule has 4 aliphatic rings. The van der Waals surface area contributed by atoms with Gasteiger partial charge >= 0.3 is 0 Å². The van der Waals surface area contributed by atoms with Gasteiger partial charge in [-0.2, -0.15) is 0 Å². The van der Waals surface area contributed by atoms with Gasteiger partial charge in [-0.15, -0.1) is 0 Å². The first-order chi connectivity index (χ1) is 10.3. The molecule has 0 radical (unpaired) electrons. The summed E-state index contributed by atoms with van der Waals surface area (Å²) < 4.78 is 0. The lowest BCUT2D eigenvalue weighted by Crippen LogP contribution is -2.57. The lowest BCUT2D eigenvalue weighted by molar-refractivity contribution is -0.167. The summed E-state index contributed by atoms with van der Waals surface area (Å²) in [6.45, 7) is 4.76. The van der Waals surface area contributed by atoms with Crippen molar-refractivity contribution < 1.29 is 15.3 Å². The molecule has 0 bridgehead atoms. The van der Waals surface area contributed by atoms with Gasteiger partial charge < -0.3 is 15.3 Å². The van der Waals surface area contributed by atoms with Gasteiger partial charge in [0, 0.05) is 0 Å². The van der Waals surface area contributed by atoms with Crippen molar-refractivity contribution >= 4 is 0 Å². The Hall–Kier alpha value is -0.120. The van der Waals surface area contributed by atoms with E-state index in [1.807, 2.05) is 0 Å². The summed E-state index contributed by atoms with van der Waals surface area (Å²) in [6, 6.07) is 0. The van der Waals surface area contributed by atoms with E-state index >= 15 is 0 Å². The molecule has 3 N–H and O–H groups in total. The minimum atomic E-state index is -0.263. The van der Waals surface area contributed by atoms with E-state index < -0.39 is 0 Å². The number of fused-ring (bicyclic) bond motifs is 5. The zero-order valence-corrected chi connectivity index (χ0v) is 14.0. The van der Waals surface area contributed by atoms with Gasteiger partial charge in [-0.25, -0.2) is 0 Å². The van der Waals surface area contributed by atoms with Crippen LogP contribution in [-0.4, -0.2) is 33.6 Å². The van der Waals surface area contributed by atoms with Crippen molar-refractivity contribution in [2.24, 2.45) is 34.5 Å². The second-order valence-electron chi connectivity index (χ2n) is 9.51. The molecule has 4 unspecified atom stereocenters. The zero-order valence-electron chi connectivity index (χ0n) is 14.0. The highest BCUT2D eigenvalue weighted by Gasteiger charge is 2.61. The van der Waals surface area contributed by atoms with Crippen LogP contribution in [0.2, 0.25) is 0 Å². The van der Waals surface area contributed by atoms with E-state index in [4.69, 9.17) is 0 Å². The standard InChI is InChI=1S/C19H32O3/c1-18-5-4-14-13(15(18)8-12(21)10-18)9-17(22)16-7-11(20)3-6-19(14,16)2/h11-17,20-22H,3-10H2,1-2H3/t11?,12?,13-,14+,15+,16?,17?,18-,19-/m1/s1. The minimum absolute atomic E-state index is 0.135. The summed E-state index contributed by atoms with van der Waals surface area (Å²) in [5.41, 5.74) is 0.480. The molecule has 3 heteroatoms. The highest BCUT2D eigenvalue weighted by molar-refractivity contribution is 5.10. The molecular formula is C19H32O3. The zero-order chi connectivity index (χ0) is 15.7. The Morgan fingerprint density at radius 1 is 0.773 bits per heavy atom. The quantitative estimate of drug-likeness (QED) is 0.645. The topological polar surface area (TPSA) is 60.7 Å². The van der Waals surface area contributed by atoms with E-state index in [1.165, 1.54) is 12.8 Å². The predicted octanol–water partition coefficient (Wildman–Crippen LogP) is 2.72. The molecule has 0 aromatic carbocycles. The van der Waals surface area contributed by atoms with Gasteiger partial charge in [0.25, 0.3) is 0 Å². The lowest BCUT2D eigenvalue weighted by Gasteiger charge is -2.61. The van der Waals surface area contributed by atoms with Gasteiger partial charge in [-0.05, 0) is 85.9 Å². The predicted molar refractivity (Wildman–Crippen MR) is 85.1 cm³/mol. The molecule has 4 rings (SSSR count). The molecule has 0 spiro atoms. The molecule has 9 atom stereocenters. The first kappa shape index (κ1) is 15.4. The molecule has 126 valence electrons. The summed E-state index contributed by atoms with van der Waals surface area (Å²) in [5.74, 6) is 2.10. The third kappa shape index (κ3) is 2.04. The third-order valence-corrected chi connectivity index (χ3v) is 8.40. The first-order valence-electron chi connectivity index (χ1n) is 9.38. The Morgan fingerprint density at radius 2 is 1.50 bits per heavy atom. The molecule has 3 nitrogen and oxygen atoms in total. The first-order valence-corrected chi connectivity index (χ1v) is 9.38. The maximum absolute atomic E-state index is 10.8.